The van der Waals surface area contributed by atoms with Crippen LogP contribution in [0.3, 0.4) is 0 Å². The van der Waals surface area contributed by atoms with Crippen LogP contribution in [0.1, 0.15) is 15.9 Å². The summed E-state index contributed by atoms with van der Waals surface area (Å²) >= 11 is 0. The molecule has 3 aromatic rings. The highest BCUT2D eigenvalue weighted by Gasteiger charge is 2.11. The van der Waals surface area contributed by atoms with Crippen molar-refractivity contribution in [1.29, 1.82) is 0 Å². The molecule has 2 aromatic carbocycles. The number of halogens is 1. The first-order valence-corrected chi connectivity index (χ1v) is 9.72. The van der Waals surface area contributed by atoms with E-state index < -0.39 is 0 Å². The molecule has 0 bridgehead atoms. The average Bonchev–Trinajstić information content (AvgIpc) is 3.15. The Hall–Kier alpha value is -2.38. The van der Waals surface area contributed by atoms with Gasteiger partial charge < -0.3 is 20.4 Å². The predicted octanol–water partition coefficient (Wildman–Crippen LogP) is 3.11. The molecule has 0 atom stereocenters. The number of nitrogens with one attached hydrogen (secondary N) is 1. The summed E-state index contributed by atoms with van der Waals surface area (Å²) in [6.45, 7) is 6.09. The smallest absolute Gasteiger partial charge is 0.255 e. The Bertz CT molecular complexity index is 949. The van der Waals surface area contributed by atoms with E-state index in [-0.39, 0.29) is 18.3 Å². The Morgan fingerprint density at radius 2 is 1.79 bits per heavy atom. The lowest BCUT2D eigenvalue weighted by Crippen LogP contribution is -2.38. The summed E-state index contributed by atoms with van der Waals surface area (Å²) in [5.41, 5.74) is 9.22. The van der Waals surface area contributed by atoms with Crippen molar-refractivity contribution in [1.82, 2.24) is 9.47 Å². The molecule has 0 aliphatic carbocycles. The minimum Gasteiger partial charge on any atom is -0.379 e. The van der Waals surface area contributed by atoms with Gasteiger partial charge in [0, 0.05) is 61.1 Å². The summed E-state index contributed by atoms with van der Waals surface area (Å²) in [6, 6.07) is 15.5. The number of carbonyl (C=O) groups is 1. The topological polar surface area (TPSA) is 72.5 Å². The Labute approximate surface area is 177 Å². The van der Waals surface area contributed by atoms with Crippen LogP contribution in [0.25, 0.3) is 10.9 Å². The maximum atomic E-state index is 12.5. The third-order valence-corrected chi connectivity index (χ3v) is 5.24. The van der Waals surface area contributed by atoms with Crippen LogP contribution in [0.2, 0.25) is 0 Å². The Balaban J connectivity index is 0.00000240. The van der Waals surface area contributed by atoms with Crippen molar-refractivity contribution in [2.45, 2.75) is 13.1 Å². The predicted molar refractivity (Wildman–Crippen MR) is 119 cm³/mol. The first-order chi connectivity index (χ1) is 13.7. The van der Waals surface area contributed by atoms with Gasteiger partial charge in [0.2, 0.25) is 0 Å². The summed E-state index contributed by atoms with van der Waals surface area (Å²) in [7, 11) is 0. The lowest BCUT2D eigenvalue weighted by molar-refractivity contribution is 0.0365. The number of ether oxygens (including phenoxy) is 1. The number of fused-ring (bicyclic) bond motifs is 1. The molecule has 29 heavy (non-hydrogen) atoms. The van der Waals surface area contributed by atoms with Crippen LogP contribution in [-0.4, -0.2) is 48.2 Å². The molecule has 0 radical (unpaired) electrons. The number of hydrogen-bond donors (Lipinski definition) is 2. The summed E-state index contributed by atoms with van der Waals surface area (Å²) in [5, 5.41) is 4.10. The van der Waals surface area contributed by atoms with Gasteiger partial charge in [0.15, 0.2) is 0 Å². The first-order valence-electron chi connectivity index (χ1n) is 9.72. The van der Waals surface area contributed by atoms with E-state index in [0.29, 0.717) is 12.1 Å². The number of anilines is 1. The number of carbonyl (C=O) groups excluding carboxylic acids is 1. The number of nitrogens with zero attached hydrogens (tertiary/aromatic N) is 2. The molecular formula is C22H27ClN4O2. The van der Waals surface area contributed by atoms with Gasteiger partial charge in [-0.3, -0.25) is 9.69 Å². The normalized spacial score (nSPS) is 14.5. The quantitative estimate of drug-likeness (QED) is 0.650. The number of amides is 1. The van der Waals surface area contributed by atoms with Crippen LogP contribution in [0.5, 0.6) is 0 Å². The number of hydrogen-bond acceptors (Lipinski definition) is 4. The number of rotatable bonds is 6. The van der Waals surface area contributed by atoms with E-state index >= 15 is 0 Å². The Morgan fingerprint density at radius 3 is 2.52 bits per heavy atom. The second-order valence-corrected chi connectivity index (χ2v) is 7.09. The molecule has 0 saturated carbocycles. The average molecular weight is 415 g/mol. The highest BCUT2D eigenvalue weighted by Crippen LogP contribution is 2.21. The lowest BCUT2D eigenvalue weighted by Gasteiger charge is -2.26. The van der Waals surface area contributed by atoms with Gasteiger partial charge in [-0.05, 0) is 42.0 Å². The van der Waals surface area contributed by atoms with Crippen molar-refractivity contribution in [2.75, 3.05) is 38.2 Å². The zero-order valence-electron chi connectivity index (χ0n) is 16.3. The van der Waals surface area contributed by atoms with Gasteiger partial charge in [-0.2, -0.15) is 0 Å². The third kappa shape index (κ3) is 5.16. The standard InChI is InChI=1S/C22H26N4O2.ClH/c23-16-17-1-3-18(4-2-17)22(27)24-20-5-6-21-19(15-20)7-8-26(21)10-9-25-11-13-28-14-12-25;/h1-8,15H,9-14,16,23H2,(H,24,27);1H. The van der Waals surface area contributed by atoms with Crippen molar-refractivity contribution >= 4 is 34.9 Å². The molecule has 4 rings (SSSR count). The van der Waals surface area contributed by atoms with E-state index in [1.165, 1.54) is 5.52 Å². The van der Waals surface area contributed by atoms with Crippen LogP contribution in [0.4, 0.5) is 5.69 Å². The van der Waals surface area contributed by atoms with Crippen LogP contribution in [-0.2, 0) is 17.8 Å². The number of nitrogens with two attached hydrogens (primary N) is 1. The summed E-state index contributed by atoms with van der Waals surface area (Å²) in [5.74, 6) is -0.116. The van der Waals surface area contributed by atoms with Crippen molar-refractivity contribution < 1.29 is 9.53 Å². The molecule has 1 amide bonds. The monoisotopic (exact) mass is 414 g/mol. The molecule has 1 aliphatic rings. The second kappa shape index (κ2) is 9.89. The van der Waals surface area contributed by atoms with Crippen LogP contribution < -0.4 is 11.1 Å². The molecular weight excluding hydrogens is 388 g/mol. The van der Waals surface area contributed by atoms with Gasteiger partial charge in [-0.15, -0.1) is 12.4 Å². The van der Waals surface area contributed by atoms with Gasteiger partial charge in [-0.1, -0.05) is 12.1 Å². The van der Waals surface area contributed by atoms with Crippen molar-refractivity contribution in [2.24, 2.45) is 5.73 Å². The molecule has 2 heterocycles. The molecule has 7 heteroatoms. The molecule has 154 valence electrons. The molecule has 1 saturated heterocycles. The summed E-state index contributed by atoms with van der Waals surface area (Å²) in [4.78, 5) is 14.9. The Morgan fingerprint density at radius 1 is 1.03 bits per heavy atom. The van der Waals surface area contributed by atoms with Gasteiger partial charge in [-0.25, -0.2) is 0 Å². The third-order valence-electron chi connectivity index (χ3n) is 5.24. The van der Waals surface area contributed by atoms with E-state index in [1.807, 2.05) is 24.3 Å². The molecule has 0 unspecified atom stereocenters. The maximum Gasteiger partial charge on any atom is 0.255 e. The van der Waals surface area contributed by atoms with Gasteiger partial charge >= 0.3 is 0 Å². The fourth-order valence-electron chi connectivity index (χ4n) is 3.54. The lowest BCUT2D eigenvalue weighted by atomic mass is 10.1. The zero-order chi connectivity index (χ0) is 19.3. The van der Waals surface area contributed by atoms with Crippen LogP contribution in [0.15, 0.2) is 54.7 Å². The summed E-state index contributed by atoms with van der Waals surface area (Å²) < 4.78 is 7.67. The van der Waals surface area contributed by atoms with Gasteiger partial charge in [0.1, 0.15) is 0 Å². The van der Waals surface area contributed by atoms with E-state index in [4.69, 9.17) is 10.5 Å². The maximum absolute atomic E-state index is 12.5. The molecule has 1 aliphatic heterocycles. The fraction of sp³-hybridized carbons (Fsp3) is 0.318. The van der Waals surface area contributed by atoms with Crippen molar-refractivity contribution in [3.63, 3.8) is 0 Å². The van der Waals surface area contributed by atoms with Crippen LogP contribution in [0, 0.1) is 0 Å². The van der Waals surface area contributed by atoms with E-state index in [9.17, 15) is 4.79 Å². The summed E-state index contributed by atoms with van der Waals surface area (Å²) in [6.07, 6.45) is 2.11. The zero-order valence-corrected chi connectivity index (χ0v) is 17.2. The second-order valence-electron chi connectivity index (χ2n) is 7.09. The molecule has 3 N–H and O–H groups in total. The van der Waals surface area contributed by atoms with E-state index in [2.05, 4.69) is 33.1 Å². The minimum atomic E-state index is -0.116. The number of benzene rings is 2. The SMILES string of the molecule is Cl.NCc1ccc(C(=O)Nc2ccc3c(ccn3CCN3CCOCC3)c2)cc1. The first kappa shape index (κ1) is 21.3. The fourth-order valence-corrected chi connectivity index (χ4v) is 3.54. The van der Waals surface area contributed by atoms with Gasteiger partial charge in [0.25, 0.3) is 5.91 Å². The minimum absolute atomic E-state index is 0. The molecule has 6 nitrogen and oxygen atoms in total. The number of aromatic nitrogens is 1. The molecule has 0 spiro atoms. The van der Waals surface area contributed by atoms with Crippen molar-refractivity contribution in [3.8, 4) is 0 Å². The largest absolute Gasteiger partial charge is 0.379 e. The van der Waals surface area contributed by atoms with E-state index in [0.717, 1.165) is 56.0 Å². The highest BCUT2D eigenvalue weighted by molar-refractivity contribution is 6.05. The highest BCUT2D eigenvalue weighted by atomic mass is 35.5. The molecule has 1 fully saturated rings. The van der Waals surface area contributed by atoms with Crippen molar-refractivity contribution in [3.05, 3.63) is 65.9 Å². The Kier molecular flexibility index (Phi) is 7.28. The molecule has 1 aromatic heterocycles. The van der Waals surface area contributed by atoms with Gasteiger partial charge in [0.05, 0.1) is 13.2 Å². The van der Waals surface area contributed by atoms with Crippen LogP contribution >= 0.6 is 12.4 Å². The van der Waals surface area contributed by atoms with E-state index in [1.54, 1.807) is 12.1 Å². The number of morpholine rings is 1.